The Morgan fingerprint density at radius 1 is 1.38 bits per heavy atom. The van der Waals surface area contributed by atoms with Crippen LogP contribution in [0.1, 0.15) is 39.5 Å². The molecule has 0 bridgehead atoms. The highest BCUT2D eigenvalue weighted by molar-refractivity contribution is 7.46. The SMILES string of the molecule is CCCCCC(=O)O[C@H](C)COP(=O)(O)O. The van der Waals surface area contributed by atoms with Gasteiger partial charge in [0.05, 0.1) is 6.61 Å². The average Bonchev–Trinajstić information content (AvgIpc) is 2.14. The molecule has 0 saturated carbocycles. The predicted octanol–water partition coefficient (Wildman–Crippen LogP) is 1.61. The van der Waals surface area contributed by atoms with Crippen LogP contribution in [0.2, 0.25) is 0 Å². The lowest BCUT2D eigenvalue weighted by Gasteiger charge is -2.13. The maximum absolute atomic E-state index is 11.2. The van der Waals surface area contributed by atoms with E-state index in [9.17, 15) is 9.36 Å². The third kappa shape index (κ3) is 10.1. The quantitative estimate of drug-likeness (QED) is 0.388. The van der Waals surface area contributed by atoms with Gasteiger partial charge in [-0.15, -0.1) is 0 Å². The van der Waals surface area contributed by atoms with Crippen LogP contribution in [0.3, 0.4) is 0 Å². The molecule has 0 rings (SSSR count). The zero-order chi connectivity index (χ0) is 12.6. The van der Waals surface area contributed by atoms with Gasteiger partial charge < -0.3 is 14.5 Å². The van der Waals surface area contributed by atoms with Crippen molar-refractivity contribution in [3.05, 3.63) is 0 Å². The summed E-state index contributed by atoms with van der Waals surface area (Å²) in [6.45, 7) is 3.25. The molecule has 7 heteroatoms. The summed E-state index contributed by atoms with van der Waals surface area (Å²) in [6, 6.07) is 0. The third-order valence-electron chi connectivity index (χ3n) is 1.79. The van der Waals surface area contributed by atoms with Crippen molar-refractivity contribution in [1.29, 1.82) is 0 Å². The van der Waals surface area contributed by atoms with Gasteiger partial charge in [-0.3, -0.25) is 9.32 Å². The summed E-state index contributed by atoms with van der Waals surface area (Å²) in [6.07, 6.45) is 2.42. The van der Waals surface area contributed by atoms with Gasteiger partial charge in [-0.05, 0) is 13.3 Å². The molecule has 6 nitrogen and oxygen atoms in total. The van der Waals surface area contributed by atoms with Crippen molar-refractivity contribution in [2.75, 3.05) is 6.61 Å². The van der Waals surface area contributed by atoms with E-state index in [-0.39, 0.29) is 12.6 Å². The van der Waals surface area contributed by atoms with Crippen LogP contribution in [0.5, 0.6) is 0 Å². The van der Waals surface area contributed by atoms with E-state index >= 15 is 0 Å². The average molecular weight is 254 g/mol. The molecule has 0 heterocycles. The minimum absolute atomic E-state index is 0.302. The molecule has 0 unspecified atom stereocenters. The third-order valence-corrected chi connectivity index (χ3v) is 2.28. The standard InChI is InChI=1S/C9H19O6P/c1-3-4-5-6-9(10)15-8(2)7-14-16(11,12)13/h8H,3-7H2,1-2H3,(H2,11,12,13)/t8-/m1/s1. The Hall–Kier alpha value is -0.420. The van der Waals surface area contributed by atoms with Gasteiger partial charge in [0, 0.05) is 6.42 Å². The van der Waals surface area contributed by atoms with Crippen LogP contribution >= 0.6 is 7.82 Å². The van der Waals surface area contributed by atoms with Crippen LogP contribution in [0.15, 0.2) is 0 Å². The van der Waals surface area contributed by atoms with Crippen molar-refractivity contribution < 1.29 is 28.4 Å². The Bertz CT molecular complexity index is 248. The molecule has 0 aromatic rings. The Morgan fingerprint density at radius 2 is 2.00 bits per heavy atom. The van der Waals surface area contributed by atoms with Crippen LogP contribution in [-0.2, 0) is 18.6 Å². The van der Waals surface area contributed by atoms with Crippen molar-refractivity contribution in [2.45, 2.75) is 45.6 Å². The minimum Gasteiger partial charge on any atom is -0.460 e. The molecule has 0 aromatic carbocycles. The molecule has 0 aromatic heterocycles. The molecule has 16 heavy (non-hydrogen) atoms. The second-order valence-corrected chi connectivity index (χ2v) is 4.78. The first kappa shape index (κ1) is 15.6. The Labute approximate surface area is 95.2 Å². The van der Waals surface area contributed by atoms with E-state index in [1.54, 1.807) is 0 Å². The van der Waals surface area contributed by atoms with E-state index in [4.69, 9.17) is 14.5 Å². The molecule has 1 atom stereocenters. The zero-order valence-electron chi connectivity index (χ0n) is 9.59. The second kappa shape index (κ2) is 7.79. The lowest BCUT2D eigenvalue weighted by Crippen LogP contribution is -2.19. The van der Waals surface area contributed by atoms with E-state index < -0.39 is 13.9 Å². The van der Waals surface area contributed by atoms with Gasteiger partial charge in [-0.1, -0.05) is 19.8 Å². The number of hydrogen-bond acceptors (Lipinski definition) is 4. The van der Waals surface area contributed by atoms with Crippen molar-refractivity contribution in [2.24, 2.45) is 0 Å². The molecule has 0 fully saturated rings. The normalized spacial score (nSPS) is 13.5. The van der Waals surface area contributed by atoms with Gasteiger partial charge in [-0.2, -0.15) is 0 Å². The van der Waals surface area contributed by atoms with Crippen molar-refractivity contribution in [3.63, 3.8) is 0 Å². The molecule has 0 aliphatic carbocycles. The maximum Gasteiger partial charge on any atom is 0.469 e. The Morgan fingerprint density at radius 3 is 2.50 bits per heavy atom. The van der Waals surface area contributed by atoms with Gasteiger partial charge >= 0.3 is 13.8 Å². The number of carbonyl (C=O) groups excluding carboxylic acids is 1. The van der Waals surface area contributed by atoms with E-state index in [1.807, 2.05) is 6.92 Å². The summed E-state index contributed by atoms with van der Waals surface area (Å²) in [4.78, 5) is 28.0. The van der Waals surface area contributed by atoms with Gasteiger partial charge in [0.25, 0.3) is 0 Å². The van der Waals surface area contributed by atoms with Crippen molar-refractivity contribution in [3.8, 4) is 0 Å². The fourth-order valence-electron chi connectivity index (χ4n) is 1.04. The Balaban J connectivity index is 3.66. The zero-order valence-corrected chi connectivity index (χ0v) is 10.5. The second-order valence-electron chi connectivity index (χ2n) is 3.54. The first-order chi connectivity index (χ1) is 7.35. The monoisotopic (exact) mass is 254 g/mol. The van der Waals surface area contributed by atoms with Crippen LogP contribution in [0.4, 0.5) is 0 Å². The van der Waals surface area contributed by atoms with Crippen molar-refractivity contribution >= 4 is 13.8 Å². The number of unbranched alkanes of at least 4 members (excludes halogenated alkanes) is 2. The highest BCUT2D eigenvalue weighted by Gasteiger charge is 2.17. The van der Waals surface area contributed by atoms with Gasteiger partial charge in [0.2, 0.25) is 0 Å². The number of rotatable bonds is 8. The number of phosphoric ester groups is 1. The van der Waals surface area contributed by atoms with E-state index in [1.165, 1.54) is 6.92 Å². The molecule has 96 valence electrons. The van der Waals surface area contributed by atoms with Crippen LogP contribution in [0, 0.1) is 0 Å². The maximum atomic E-state index is 11.2. The molecule has 0 aliphatic rings. The smallest absolute Gasteiger partial charge is 0.460 e. The van der Waals surface area contributed by atoms with E-state index in [2.05, 4.69) is 4.52 Å². The van der Waals surface area contributed by atoms with E-state index in [0.717, 1.165) is 19.3 Å². The predicted molar refractivity (Wildman–Crippen MR) is 57.7 cm³/mol. The van der Waals surface area contributed by atoms with Crippen molar-refractivity contribution in [1.82, 2.24) is 0 Å². The molecule has 0 radical (unpaired) electrons. The highest BCUT2D eigenvalue weighted by atomic mass is 31.2. The summed E-state index contributed by atoms with van der Waals surface area (Å²) in [5.41, 5.74) is 0. The summed E-state index contributed by atoms with van der Waals surface area (Å²) in [5, 5.41) is 0. The Kier molecular flexibility index (Phi) is 7.58. The number of hydrogen-bond donors (Lipinski definition) is 2. The van der Waals surface area contributed by atoms with Gasteiger partial charge in [0.1, 0.15) is 6.10 Å². The minimum atomic E-state index is -4.48. The number of phosphoric acid groups is 1. The number of carbonyl (C=O) groups is 1. The molecule has 0 amide bonds. The summed E-state index contributed by atoms with van der Waals surface area (Å²) >= 11 is 0. The largest absolute Gasteiger partial charge is 0.469 e. The molecule has 0 spiro atoms. The summed E-state index contributed by atoms with van der Waals surface area (Å²) < 4.78 is 19.5. The number of ether oxygens (including phenoxy) is 1. The lowest BCUT2D eigenvalue weighted by molar-refractivity contribution is -0.150. The lowest BCUT2D eigenvalue weighted by atomic mass is 10.2. The summed E-state index contributed by atoms with van der Waals surface area (Å²) in [7, 11) is -4.48. The molecular weight excluding hydrogens is 235 g/mol. The molecule has 0 aliphatic heterocycles. The van der Waals surface area contributed by atoms with Gasteiger partial charge in [-0.25, -0.2) is 4.57 Å². The van der Waals surface area contributed by atoms with Gasteiger partial charge in [0.15, 0.2) is 0 Å². The topological polar surface area (TPSA) is 93.1 Å². The number of esters is 1. The molecule has 0 saturated heterocycles. The first-order valence-electron chi connectivity index (χ1n) is 5.24. The summed E-state index contributed by atoms with van der Waals surface area (Å²) in [5.74, 6) is -0.365. The van der Waals surface area contributed by atoms with Crippen LogP contribution in [-0.4, -0.2) is 28.5 Å². The molecule has 2 N–H and O–H groups in total. The first-order valence-corrected chi connectivity index (χ1v) is 6.77. The fourth-order valence-corrected chi connectivity index (χ4v) is 1.44. The van der Waals surface area contributed by atoms with Crippen LogP contribution in [0.25, 0.3) is 0 Å². The molecular formula is C9H19O6P. The van der Waals surface area contributed by atoms with E-state index in [0.29, 0.717) is 6.42 Å². The fraction of sp³-hybridized carbons (Fsp3) is 0.889. The van der Waals surface area contributed by atoms with Crippen LogP contribution < -0.4 is 0 Å². The highest BCUT2D eigenvalue weighted by Crippen LogP contribution is 2.35.